The number of nitrogens with one attached hydrogen (secondary N) is 2. The van der Waals surface area contributed by atoms with E-state index in [0.29, 0.717) is 19.1 Å². The molecule has 2 atom stereocenters. The van der Waals surface area contributed by atoms with E-state index in [1.54, 1.807) is 6.20 Å². The fraction of sp³-hybridized carbons (Fsp3) is 0.375. The van der Waals surface area contributed by atoms with Crippen LogP contribution in [-0.4, -0.2) is 28.8 Å². The average molecular weight is 285 g/mol. The number of hydrogen-bond donors (Lipinski definition) is 2. The van der Waals surface area contributed by atoms with Crippen molar-refractivity contribution in [3.63, 3.8) is 0 Å². The van der Waals surface area contributed by atoms with Crippen LogP contribution in [0.5, 0.6) is 0 Å². The molecule has 0 saturated carbocycles. The Morgan fingerprint density at radius 1 is 1.38 bits per heavy atom. The molecule has 2 unspecified atom stereocenters. The van der Waals surface area contributed by atoms with Crippen LogP contribution < -0.4 is 5.32 Å². The topological polar surface area (TPSA) is 67.0 Å². The van der Waals surface area contributed by atoms with Crippen molar-refractivity contribution in [3.05, 3.63) is 42.1 Å². The summed E-state index contributed by atoms with van der Waals surface area (Å²) >= 11 is 0. The van der Waals surface area contributed by atoms with E-state index >= 15 is 0 Å². The first kappa shape index (κ1) is 13.8. The summed E-state index contributed by atoms with van der Waals surface area (Å²) in [4.78, 5) is 12.0. The Hall–Kier alpha value is -2.14. The molecule has 0 aliphatic carbocycles. The van der Waals surface area contributed by atoms with Crippen molar-refractivity contribution >= 4 is 5.91 Å². The summed E-state index contributed by atoms with van der Waals surface area (Å²) < 4.78 is 5.46. The second-order valence-electron chi connectivity index (χ2n) is 5.44. The molecule has 2 N–H and O–H groups in total. The lowest BCUT2D eigenvalue weighted by Gasteiger charge is -2.14. The van der Waals surface area contributed by atoms with Crippen LogP contribution in [0.3, 0.4) is 0 Å². The van der Waals surface area contributed by atoms with Gasteiger partial charge < -0.3 is 10.1 Å². The van der Waals surface area contributed by atoms with Crippen molar-refractivity contribution in [2.45, 2.75) is 26.0 Å². The van der Waals surface area contributed by atoms with Crippen LogP contribution in [0.1, 0.15) is 18.9 Å². The van der Waals surface area contributed by atoms with Crippen LogP contribution >= 0.6 is 0 Å². The van der Waals surface area contributed by atoms with Crippen molar-refractivity contribution in [3.8, 4) is 11.3 Å². The lowest BCUT2D eigenvalue weighted by atomic mass is 10.0. The van der Waals surface area contributed by atoms with Crippen molar-refractivity contribution in [1.29, 1.82) is 0 Å². The molecule has 1 saturated heterocycles. The molecule has 1 aliphatic rings. The summed E-state index contributed by atoms with van der Waals surface area (Å²) in [6, 6.07) is 9.98. The van der Waals surface area contributed by atoms with E-state index in [9.17, 15) is 4.79 Å². The van der Waals surface area contributed by atoms with Gasteiger partial charge in [0, 0.05) is 19.3 Å². The van der Waals surface area contributed by atoms with E-state index in [4.69, 9.17) is 4.74 Å². The van der Waals surface area contributed by atoms with Crippen molar-refractivity contribution < 1.29 is 9.53 Å². The number of ether oxygens (including phenoxy) is 1. The zero-order valence-electron chi connectivity index (χ0n) is 12.0. The predicted octanol–water partition coefficient (Wildman–Crippen LogP) is 2.12. The molecule has 2 aromatic rings. The highest BCUT2D eigenvalue weighted by molar-refractivity contribution is 5.81. The molecule has 3 rings (SSSR count). The highest BCUT2D eigenvalue weighted by Crippen LogP contribution is 2.20. The summed E-state index contributed by atoms with van der Waals surface area (Å²) in [5.74, 6) is 0.283. The first-order valence-electron chi connectivity index (χ1n) is 7.22. The summed E-state index contributed by atoms with van der Waals surface area (Å²) in [7, 11) is 0. The van der Waals surface area contributed by atoms with Crippen molar-refractivity contribution in [1.82, 2.24) is 15.5 Å². The van der Waals surface area contributed by atoms with Gasteiger partial charge in [-0.15, -0.1) is 0 Å². The smallest absolute Gasteiger partial charge is 0.249 e. The lowest BCUT2D eigenvalue weighted by molar-refractivity contribution is -0.131. The Morgan fingerprint density at radius 2 is 2.19 bits per heavy atom. The maximum atomic E-state index is 12.0. The van der Waals surface area contributed by atoms with Gasteiger partial charge in [-0.2, -0.15) is 5.10 Å². The molecule has 0 radical (unpaired) electrons. The number of rotatable bonds is 4. The predicted molar refractivity (Wildman–Crippen MR) is 79.4 cm³/mol. The molecule has 1 amide bonds. The third-order valence-electron chi connectivity index (χ3n) is 3.88. The molecule has 1 aliphatic heterocycles. The Morgan fingerprint density at radius 3 is 2.81 bits per heavy atom. The summed E-state index contributed by atoms with van der Waals surface area (Å²) in [6.45, 7) is 3.25. The third-order valence-corrected chi connectivity index (χ3v) is 3.88. The number of H-pyrrole nitrogens is 1. The fourth-order valence-electron chi connectivity index (χ4n) is 2.54. The van der Waals surface area contributed by atoms with E-state index in [0.717, 1.165) is 23.2 Å². The number of hydrogen-bond acceptors (Lipinski definition) is 3. The molecule has 1 aromatic heterocycles. The average Bonchev–Trinajstić information content (AvgIpc) is 3.16. The number of aromatic nitrogens is 2. The van der Waals surface area contributed by atoms with Crippen LogP contribution in [-0.2, 0) is 16.1 Å². The number of carbonyl (C=O) groups excluding carboxylic acids is 1. The monoisotopic (exact) mass is 285 g/mol. The fourth-order valence-corrected chi connectivity index (χ4v) is 2.54. The Bertz CT molecular complexity index is 592. The van der Waals surface area contributed by atoms with Crippen LogP contribution in [0.15, 0.2) is 36.5 Å². The number of amides is 1. The Labute approximate surface area is 123 Å². The summed E-state index contributed by atoms with van der Waals surface area (Å²) in [5.41, 5.74) is 3.13. The standard InChI is InChI=1S/C16H19N3O2/c1-11-7-9-21-15(11)16(20)17-10-12-2-4-13(5-3-12)14-6-8-18-19-14/h2-6,8,11,15H,7,9-10H2,1H3,(H,17,20)(H,18,19). The SMILES string of the molecule is CC1CCOC1C(=O)NCc1ccc(-c2ccn[nH]2)cc1. The first-order valence-corrected chi connectivity index (χ1v) is 7.22. The summed E-state index contributed by atoms with van der Waals surface area (Å²) in [6.07, 6.45) is 2.39. The molecule has 1 aromatic carbocycles. The lowest BCUT2D eigenvalue weighted by Crippen LogP contribution is -2.36. The molecule has 0 bridgehead atoms. The second kappa shape index (κ2) is 6.10. The molecule has 1 fully saturated rings. The maximum Gasteiger partial charge on any atom is 0.249 e. The van der Waals surface area contributed by atoms with Crippen LogP contribution in [0.25, 0.3) is 11.3 Å². The van der Waals surface area contributed by atoms with Crippen LogP contribution in [0.2, 0.25) is 0 Å². The molecule has 5 nitrogen and oxygen atoms in total. The highest BCUT2D eigenvalue weighted by Gasteiger charge is 2.30. The van der Waals surface area contributed by atoms with Gasteiger partial charge in [-0.3, -0.25) is 9.89 Å². The second-order valence-corrected chi connectivity index (χ2v) is 5.44. The Balaban J connectivity index is 1.57. The molecular formula is C16H19N3O2. The van der Waals surface area contributed by atoms with Gasteiger partial charge in [-0.05, 0) is 29.5 Å². The maximum absolute atomic E-state index is 12.0. The van der Waals surface area contributed by atoms with Gasteiger partial charge >= 0.3 is 0 Å². The number of benzene rings is 1. The zero-order valence-corrected chi connectivity index (χ0v) is 12.0. The van der Waals surface area contributed by atoms with Crippen LogP contribution in [0, 0.1) is 5.92 Å². The molecule has 2 heterocycles. The van der Waals surface area contributed by atoms with Gasteiger partial charge in [0.1, 0.15) is 6.10 Å². The zero-order chi connectivity index (χ0) is 14.7. The molecule has 0 spiro atoms. The molecule has 110 valence electrons. The quantitative estimate of drug-likeness (QED) is 0.904. The highest BCUT2D eigenvalue weighted by atomic mass is 16.5. The van der Waals surface area contributed by atoms with Crippen molar-refractivity contribution in [2.75, 3.05) is 6.61 Å². The minimum Gasteiger partial charge on any atom is -0.368 e. The Kier molecular flexibility index (Phi) is 4.01. The molecule has 5 heteroatoms. The van der Waals surface area contributed by atoms with Gasteiger partial charge in [-0.1, -0.05) is 31.2 Å². The third kappa shape index (κ3) is 3.13. The van der Waals surface area contributed by atoms with Crippen molar-refractivity contribution in [2.24, 2.45) is 5.92 Å². The van der Waals surface area contributed by atoms with Gasteiger partial charge in [0.25, 0.3) is 0 Å². The minimum absolute atomic E-state index is 0.0161. The van der Waals surface area contributed by atoms with Gasteiger partial charge in [0.05, 0.1) is 5.69 Å². The first-order chi connectivity index (χ1) is 10.2. The summed E-state index contributed by atoms with van der Waals surface area (Å²) in [5, 5.41) is 9.81. The van der Waals surface area contributed by atoms with E-state index in [-0.39, 0.29) is 12.0 Å². The molecular weight excluding hydrogens is 266 g/mol. The van der Waals surface area contributed by atoms with E-state index in [1.165, 1.54) is 0 Å². The van der Waals surface area contributed by atoms with Gasteiger partial charge in [0.2, 0.25) is 5.91 Å². The van der Waals surface area contributed by atoms with E-state index < -0.39 is 0 Å². The minimum atomic E-state index is -0.297. The largest absolute Gasteiger partial charge is 0.368 e. The number of aromatic amines is 1. The normalized spacial score (nSPS) is 21.4. The molecule has 21 heavy (non-hydrogen) atoms. The number of carbonyl (C=O) groups is 1. The van der Waals surface area contributed by atoms with Gasteiger partial charge in [0.15, 0.2) is 0 Å². The number of nitrogens with zero attached hydrogens (tertiary/aromatic N) is 1. The van der Waals surface area contributed by atoms with E-state index in [1.807, 2.05) is 30.3 Å². The van der Waals surface area contributed by atoms with Crippen LogP contribution in [0.4, 0.5) is 0 Å². The van der Waals surface area contributed by atoms with E-state index in [2.05, 4.69) is 22.4 Å². The van der Waals surface area contributed by atoms with Gasteiger partial charge in [-0.25, -0.2) is 0 Å².